The van der Waals surface area contributed by atoms with Crippen molar-refractivity contribution in [3.05, 3.63) is 45.7 Å². The van der Waals surface area contributed by atoms with Crippen molar-refractivity contribution < 1.29 is 0 Å². The van der Waals surface area contributed by atoms with Crippen LogP contribution in [0.2, 0.25) is 0 Å². The lowest BCUT2D eigenvalue weighted by atomic mass is 10.2. The van der Waals surface area contributed by atoms with Crippen LogP contribution in [0.15, 0.2) is 38.9 Å². The van der Waals surface area contributed by atoms with E-state index in [9.17, 15) is 5.26 Å². The topological polar surface area (TPSA) is 49.6 Å². The second-order valence-electron chi connectivity index (χ2n) is 4.33. The second-order valence-corrected chi connectivity index (χ2v) is 6.25. The molecule has 0 saturated heterocycles. The number of aromatic nitrogens is 2. The molecule has 0 amide bonds. The molecule has 0 unspecified atom stereocenters. The van der Waals surface area contributed by atoms with E-state index in [-0.39, 0.29) is 0 Å². The van der Waals surface area contributed by atoms with Gasteiger partial charge in [0.15, 0.2) is 0 Å². The molecular weight excluding hydrogens is 322 g/mol. The Morgan fingerprint density at radius 2 is 2.21 bits per heavy atom. The van der Waals surface area contributed by atoms with Gasteiger partial charge in [0.25, 0.3) is 0 Å². The van der Waals surface area contributed by atoms with Crippen molar-refractivity contribution in [1.82, 2.24) is 9.97 Å². The van der Waals surface area contributed by atoms with E-state index >= 15 is 0 Å². The molecule has 1 aliphatic carbocycles. The third kappa shape index (κ3) is 2.65. The molecule has 0 radical (unpaired) electrons. The molecule has 94 valence electrons. The van der Waals surface area contributed by atoms with Crippen molar-refractivity contribution in [2.75, 3.05) is 0 Å². The van der Waals surface area contributed by atoms with E-state index in [2.05, 4.69) is 32.0 Å². The third-order valence-electron chi connectivity index (χ3n) is 3.04. The molecule has 0 fully saturated rings. The Labute approximate surface area is 124 Å². The van der Waals surface area contributed by atoms with Crippen LogP contribution in [0.1, 0.15) is 23.2 Å². The molecule has 2 aromatic heterocycles. The summed E-state index contributed by atoms with van der Waals surface area (Å²) in [5.74, 6) is 0. The summed E-state index contributed by atoms with van der Waals surface area (Å²) >= 11 is 4.81. The molecule has 2 heterocycles. The Balaban J connectivity index is 1.96. The Morgan fingerprint density at radius 3 is 2.95 bits per heavy atom. The number of fused-ring (bicyclic) bond motifs is 1. The average Bonchev–Trinajstić information content (AvgIpc) is 2.87. The molecule has 0 spiro atoms. The minimum absolute atomic E-state index is 0.648. The molecule has 2 aromatic rings. The van der Waals surface area contributed by atoms with Gasteiger partial charge in [-0.25, -0.2) is 9.97 Å². The number of aryl methyl sites for hydroxylation is 2. The van der Waals surface area contributed by atoms with Crippen molar-refractivity contribution in [3.63, 3.8) is 0 Å². The molecule has 0 N–H and O–H groups in total. The zero-order valence-corrected chi connectivity index (χ0v) is 12.5. The minimum atomic E-state index is 0.648. The van der Waals surface area contributed by atoms with Crippen molar-refractivity contribution in [2.24, 2.45) is 0 Å². The first-order valence-electron chi connectivity index (χ1n) is 5.98. The van der Waals surface area contributed by atoms with Gasteiger partial charge in [-0.3, -0.25) is 0 Å². The summed E-state index contributed by atoms with van der Waals surface area (Å²) in [6.07, 6.45) is 4.94. The number of pyridine rings is 2. The molecule has 3 nitrogen and oxygen atoms in total. The lowest BCUT2D eigenvalue weighted by molar-refractivity contribution is 0.890. The van der Waals surface area contributed by atoms with Crippen LogP contribution in [0.4, 0.5) is 0 Å². The monoisotopic (exact) mass is 331 g/mol. The molecule has 3 rings (SSSR count). The molecule has 0 aromatic carbocycles. The van der Waals surface area contributed by atoms with Gasteiger partial charge in [0.1, 0.15) is 16.1 Å². The second kappa shape index (κ2) is 5.32. The SMILES string of the molecule is N#Cc1cc2c(nc1Sc1ccc(Br)cn1)CCC2. The third-order valence-corrected chi connectivity index (χ3v) is 4.46. The predicted octanol–water partition coefficient (Wildman–Crippen LogP) is 3.75. The summed E-state index contributed by atoms with van der Waals surface area (Å²) in [5, 5.41) is 10.9. The molecule has 1 aliphatic rings. The molecular formula is C14H10BrN3S. The Hall–Kier alpha value is -1.38. The van der Waals surface area contributed by atoms with E-state index < -0.39 is 0 Å². The van der Waals surface area contributed by atoms with E-state index in [4.69, 9.17) is 0 Å². The Kier molecular flexibility index (Phi) is 3.54. The Bertz CT molecular complexity index is 662. The average molecular weight is 332 g/mol. The zero-order chi connectivity index (χ0) is 13.2. The van der Waals surface area contributed by atoms with Gasteiger partial charge < -0.3 is 0 Å². The van der Waals surface area contributed by atoms with Crippen LogP contribution >= 0.6 is 27.7 Å². The number of halogens is 1. The summed E-state index contributed by atoms with van der Waals surface area (Å²) in [7, 11) is 0. The van der Waals surface area contributed by atoms with Crippen molar-refractivity contribution in [1.29, 1.82) is 5.26 Å². The molecule has 5 heteroatoms. The van der Waals surface area contributed by atoms with Gasteiger partial charge in [-0.15, -0.1) is 0 Å². The molecule has 0 saturated carbocycles. The first-order valence-corrected chi connectivity index (χ1v) is 7.59. The van der Waals surface area contributed by atoms with E-state index in [0.29, 0.717) is 5.56 Å². The zero-order valence-electron chi connectivity index (χ0n) is 10.1. The highest BCUT2D eigenvalue weighted by Gasteiger charge is 2.17. The summed E-state index contributed by atoms with van der Waals surface area (Å²) < 4.78 is 0.944. The number of hydrogen-bond donors (Lipinski definition) is 0. The summed E-state index contributed by atoms with van der Waals surface area (Å²) in [5.41, 5.74) is 3.01. The largest absolute Gasteiger partial charge is 0.248 e. The fourth-order valence-corrected chi connectivity index (χ4v) is 3.18. The maximum Gasteiger partial charge on any atom is 0.120 e. The molecule has 0 bridgehead atoms. The quantitative estimate of drug-likeness (QED) is 0.840. The van der Waals surface area contributed by atoms with Crippen molar-refractivity contribution in [3.8, 4) is 6.07 Å². The first-order chi connectivity index (χ1) is 9.26. The van der Waals surface area contributed by atoms with Gasteiger partial charge >= 0.3 is 0 Å². The highest BCUT2D eigenvalue weighted by molar-refractivity contribution is 9.10. The number of rotatable bonds is 2. The fraction of sp³-hybridized carbons (Fsp3) is 0.214. The molecule has 19 heavy (non-hydrogen) atoms. The maximum atomic E-state index is 9.24. The lowest BCUT2D eigenvalue weighted by Gasteiger charge is -2.06. The number of nitriles is 1. The van der Waals surface area contributed by atoms with E-state index in [1.807, 2.05) is 18.2 Å². The van der Waals surface area contributed by atoms with E-state index in [1.165, 1.54) is 17.3 Å². The van der Waals surface area contributed by atoms with Gasteiger partial charge in [-0.2, -0.15) is 5.26 Å². The summed E-state index contributed by atoms with van der Waals surface area (Å²) in [6, 6.07) is 8.08. The maximum absolute atomic E-state index is 9.24. The van der Waals surface area contributed by atoms with Crippen molar-refractivity contribution in [2.45, 2.75) is 29.3 Å². The highest BCUT2D eigenvalue weighted by Crippen LogP contribution is 2.31. The van der Waals surface area contributed by atoms with Crippen LogP contribution in [-0.2, 0) is 12.8 Å². The Morgan fingerprint density at radius 1 is 1.32 bits per heavy atom. The standard InChI is InChI=1S/C14H10BrN3S/c15-11-4-5-13(17-8-11)19-14-10(7-16)6-9-2-1-3-12(9)18-14/h4-6,8H,1-3H2. The van der Waals surface area contributed by atoms with Crippen LogP contribution in [0, 0.1) is 11.3 Å². The van der Waals surface area contributed by atoms with Crippen LogP contribution < -0.4 is 0 Å². The van der Waals surface area contributed by atoms with Gasteiger partial charge in [-0.1, -0.05) is 0 Å². The molecule has 0 aliphatic heterocycles. The smallest absolute Gasteiger partial charge is 0.120 e. The minimum Gasteiger partial charge on any atom is -0.248 e. The van der Waals surface area contributed by atoms with Gasteiger partial charge in [0, 0.05) is 16.4 Å². The lowest BCUT2D eigenvalue weighted by Crippen LogP contribution is -1.95. The number of nitrogens with zero attached hydrogens (tertiary/aromatic N) is 3. The first kappa shape index (κ1) is 12.6. The van der Waals surface area contributed by atoms with Crippen LogP contribution in [0.5, 0.6) is 0 Å². The summed E-state index contributed by atoms with van der Waals surface area (Å²) in [6.45, 7) is 0. The highest BCUT2D eigenvalue weighted by atomic mass is 79.9. The number of hydrogen-bond acceptors (Lipinski definition) is 4. The van der Waals surface area contributed by atoms with Gasteiger partial charge in [0.05, 0.1) is 5.56 Å². The fourth-order valence-electron chi connectivity index (χ4n) is 2.13. The normalized spacial score (nSPS) is 13.1. The summed E-state index contributed by atoms with van der Waals surface area (Å²) in [4.78, 5) is 8.94. The van der Waals surface area contributed by atoms with Crippen LogP contribution in [0.3, 0.4) is 0 Å². The predicted molar refractivity (Wildman–Crippen MR) is 77.0 cm³/mol. The van der Waals surface area contributed by atoms with Crippen LogP contribution in [-0.4, -0.2) is 9.97 Å². The van der Waals surface area contributed by atoms with E-state index in [1.54, 1.807) is 6.20 Å². The van der Waals surface area contributed by atoms with Crippen LogP contribution in [0.25, 0.3) is 0 Å². The van der Waals surface area contributed by atoms with Crippen molar-refractivity contribution >= 4 is 27.7 Å². The van der Waals surface area contributed by atoms with E-state index in [0.717, 1.165) is 39.5 Å². The molecule has 0 atom stereocenters. The van der Waals surface area contributed by atoms with Gasteiger partial charge in [0.2, 0.25) is 0 Å². The van der Waals surface area contributed by atoms with Gasteiger partial charge in [-0.05, 0) is 70.7 Å².